The predicted octanol–water partition coefficient (Wildman–Crippen LogP) is 0.764. The van der Waals surface area contributed by atoms with Crippen LogP contribution in [-0.4, -0.2) is 34.7 Å². The maximum Gasteiger partial charge on any atom is 0.328 e. The number of carboxylic acids is 1. The number of carbonyl (C=O) groups excluding carboxylic acids is 1. The van der Waals surface area contributed by atoms with Gasteiger partial charge in [0, 0.05) is 4.47 Å². The van der Waals surface area contributed by atoms with E-state index in [1.54, 1.807) is 0 Å². The molecule has 1 atom stereocenters. The first-order valence-electron chi connectivity index (χ1n) is 4.55. The Morgan fingerprint density at radius 2 is 2.12 bits per heavy atom. The molecule has 0 unspecified atom stereocenters. The number of rotatable bonds is 4. The molecule has 0 aliphatic rings. The zero-order valence-corrected chi connectivity index (χ0v) is 10.1. The Kier molecular flexibility index (Phi) is 4.59. The molecule has 0 aliphatic carbocycles. The summed E-state index contributed by atoms with van der Waals surface area (Å²) in [4.78, 5) is 22.1. The van der Waals surface area contributed by atoms with Gasteiger partial charge in [0.2, 0.25) is 0 Å². The first-order chi connectivity index (χ1) is 7.95. The van der Waals surface area contributed by atoms with Gasteiger partial charge in [0.15, 0.2) is 6.04 Å². The van der Waals surface area contributed by atoms with Crippen LogP contribution in [0.1, 0.15) is 10.4 Å². The Bertz CT molecular complexity index is 452. The molecular formula is C10H9BrFNO4. The number of hydrogen-bond acceptors (Lipinski definition) is 3. The zero-order valence-electron chi connectivity index (χ0n) is 8.48. The van der Waals surface area contributed by atoms with Crippen LogP contribution in [0.25, 0.3) is 0 Å². The Morgan fingerprint density at radius 1 is 1.47 bits per heavy atom. The van der Waals surface area contributed by atoms with Gasteiger partial charge in [-0.15, -0.1) is 0 Å². The fourth-order valence-corrected chi connectivity index (χ4v) is 1.45. The second kappa shape index (κ2) is 5.74. The van der Waals surface area contributed by atoms with E-state index in [-0.39, 0.29) is 5.56 Å². The Labute approximate surface area is 104 Å². The maximum absolute atomic E-state index is 13.3. The fourth-order valence-electron chi connectivity index (χ4n) is 1.09. The molecule has 5 nitrogen and oxygen atoms in total. The molecule has 1 amide bonds. The predicted molar refractivity (Wildman–Crippen MR) is 60.1 cm³/mol. The van der Waals surface area contributed by atoms with Gasteiger partial charge in [0.25, 0.3) is 5.91 Å². The van der Waals surface area contributed by atoms with Gasteiger partial charge in [-0.05, 0) is 18.2 Å². The van der Waals surface area contributed by atoms with Crippen molar-refractivity contribution in [3.63, 3.8) is 0 Å². The Hall–Kier alpha value is -1.47. The molecule has 0 aliphatic heterocycles. The van der Waals surface area contributed by atoms with Crippen LogP contribution in [0.5, 0.6) is 0 Å². The molecule has 0 aromatic heterocycles. The standard InChI is InChI=1S/C10H9BrFNO4/c11-5-1-2-7(12)6(3-5)9(15)13-8(4-14)10(16)17/h1-3,8,14H,4H2,(H,13,15)(H,16,17)/t8-/m0/s1. The van der Waals surface area contributed by atoms with E-state index in [1.807, 2.05) is 5.32 Å². The summed E-state index contributed by atoms with van der Waals surface area (Å²) in [6.45, 7) is -0.767. The lowest BCUT2D eigenvalue weighted by Gasteiger charge is -2.12. The highest BCUT2D eigenvalue weighted by molar-refractivity contribution is 9.10. The Morgan fingerprint density at radius 3 is 2.65 bits per heavy atom. The van der Waals surface area contributed by atoms with E-state index < -0.39 is 30.3 Å². The second-order valence-corrected chi connectivity index (χ2v) is 4.09. The molecule has 1 rings (SSSR count). The first-order valence-corrected chi connectivity index (χ1v) is 5.34. The number of aliphatic hydroxyl groups excluding tert-OH is 1. The molecule has 0 saturated carbocycles. The summed E-state index contributed by atoms with van der Waals surface area (Å²) >= 11 is 3.06. The number of nitrogens with one attached hydrogen (secondary N) is 1. The SMILES string of the molecule is O=C(N[C@@H](CO)C(=O)O)c1cc(Br)ccc1F. The third-order valence-electron chi connectivity index (χ3n) is 1.96. The Balaban J connectivity index is 2.89. The molecule has 0 spiro atoms. The summed E-state index contributed by atoms with van der Waals surface area (Å²) in [5, 5.41) is 19.3. The molecule has 0 fully saturated rings. The van der Waals surface area contributed by atoms with E-state index in [2.05, 4.69) is 15.9 Å². The maximum atomic E-state index is 13.3. The number of benzene rings is 1. The largest absolute Gasteiger partial charge is 0.480 e. The number of hydrogen-bond donors (Lipinski definition) is 3. The molecule has 0 heterocycles. The van der Waals surface area contributed by atoms with Crippen LogP contribution >= 0.6 is 15.9 Å². The minimum Gasteiger partial charge on any atom is -0.480 e. The van der Waals surface area contributed by atoms with Crippen molar-refractivity contribution in [3.8, 4) is 0 Å². The van der Waals surface area contributed by atoms with Crippen LogP contribution in [0.15, 0.2) is 22.7 Å². The third kappa shape index (κ3) is 3.50. The number of amides is 1. The monoisotopic (exact) mass is 305 g/mol. The number of carbonyl (C=O) groups is 2. The van der Waals surface area contributed by atoms with Crippen molar-refractivity contribution in [2.75, 3.05) is 6.61 Å². The fraction of sp³-hybridized carbons (Fsp3) is 0.200. The molecule has 0 radical (unpaired) electrons. The zero-order chi connectivity index (χ0) is 13.0. The quantitative estimate of drug-likeness (QED) is 0.766. The lowest BCUT2D eigenvalue weighted by atomic mass is 10.2. The van der Waals surface area contributed by atoms with E-state index in [0.717, 1.165) is 6.07 Å². The number of aliphatic hydroxyl groups is 1. The number of halogens is 2. The topological polar surface area (TPSA) is 86.6 Å². The summed E-state index contributed by atoms with van der Waals surface area (Å²) in [7, 11) is 0. The summed E-state index contributed by atoms with van der Waals surface area (Å²) < 4.78 is 13.8. The van der Waals surface area contributed by atoms with E-state index >= 15 is 0 Å². The minimum atomic E-state index is -1.46. The smallest absolute Gasteiger partial charge is 0.328 e. The molecule has 1 aromatic carbocycles. The van der Waals surface area contributed by atoms with Crippen LogP contribution in [0.2, 0.25) is 0 Å². The van der Waals surface area contributed by atoms with Crippen LogP contribution in [-0.2, 0) is 4.79 Å². The normalized spacial score (nSPS) is 11.9. The second-order valence-electron chi connectivity index (χ2n) is 3.17. The van der Waals surface area contributed by atoms with Gasteiger partial charge in [-0.3, -0.25) is 4.79 Å². The van der Waals surface area contributed by atoms with E-state index in [1.165, 1.54) is 12.1 Å². The molecule has 92 valence electrons. The van der Waals surface area contributed by atoms with Gasteiger partial charge in [-0.25, -0.2) is 9.18 Å². The van der Waals surface area contributed by atoms with Gasteiger partial charge in [0.1, 0.15) is 5.82 Å². The van der Waals surface area contributed by atoms with Crippen molar-refractivity contribution in [1.82, 2.24) is 5.32 Å². The molecule has 17 heavy (non-hydrogen) atoms. The van der Waals surface area contributed by atoms with Crippen molar-refractivity contribution >= 4 is 27.8 Å². The van der Waals surface area contributed by atoms with Gasteiger partial charge < -0.3 is 15.5 Å². The van der Waals surface area contributed by atoms with E-state index in [9.17, 15) is 14.0 Å². The van der Waals surface area contributed by atoms with Crippen molar-refractivity contribution in [2.24, 2.45) is 0 Å². The lowest BCUT2D eigenvalue weighted by Crippen LogP contribution is -2.43. The molecular weight excluding hydrogens is 297 g/mol. The van der Waals surface area contributed by atoms with Gasteiger partial charge in [-0.2, -0.15) is 0 Å². The molecule has 0 bridgehead atoms. The number of aliphatic carboxylic acids is 1. The van der Waals surface area contributed by atoms with E-state index in [0.29, 0.717) is 4.47 Å². The van der Waals surface area contributed by atoms with Crippen LogP contribution < -0.4 is 5.32 Å². The van der Waals surface area contributed by atoms with Gasteiger partial charge >= 0.3 is 5.97 Å². The van der Waals surface area contributed by atoms with Gasteiger partial charge in [0.05, 0.1) is 12.2 Å². The number of carboxylic acid groups (broad SMARTS) is 1. The minimum absolute atomic E-state index is 0.293. The molecule has 3 N–H and O–H groups in total. The summed E-state index contributed by atoms with van der Waals surface area (Å²) in [6.07, 6.45) is 0. The van der Waals surface area contributed by atoms with Crippen LogP contribution in [0.3, 0.4) is 0 Å². The molecule has 0 saturated heterocycles. The third-order valence-corrected chi connectivity index (χ3v) is 2.45. The highest BCUT2D eigenvalue weighted by Crippen LogP contribution is 2.15. The first kappa shape index (κ1) is 13.6. The van der Waals surface area contributed by atoms with Crippen molar-refractivity contribution < 1.29 is 24.2 Å². The van der Waals surface area contributed by atoms with Crippen LogP contribution in [0, 0.1) is 5.82 Å². The highest BCUT2D eigenvalue weighted by atomic mass is 79.9. The van der Waals surface area contributed by atoms with Crippen molar-refractivity contribution in [2.45, 2.75) is 6.04 Å². The summed E-state index contributed by atoms with van der Waals surface area (Å²) in [5.41, 5.74) is -0.293. The average molecular weight is 306 g/mol. The summed E-state index contributed by atoms with van der Waals surface area (Å²) in [5.74, 6) is -3.06. The average Bonchev–Trinajstić information content (AvgIpc) is 2.28. The van der Waals surface area contributed by atoms with Crippen LogP contribution in [0.4, 0.5) is 4.39 Å². The van der Waals surface area contributed by atoms with E-state index in [4.69, 9.17) is 10.2 Å². The molecule has 1 aromatic rings. The molecule has 7 heteroatoms. The highest BCUT2D eigenvalue weighted by Gasteiger charge is 2.21. The van der Waals surface area contributed by atoms with Crippen molar-refractivity contribution in [3.05, 3.63) is 34.1 Å². The summed E-state index contributed by atoms with van der Waals surface area (Å²) in [6, 6.07) is 2.25. The van der Waals surface area contributed by atoms with Crippen molar-refractivity contribution in [1.29, 1.82) is 0 Å². The lowest BCUT2D eigenvalue weighted by molar-refractivity contribution is -0.140. The van der Waals surface area contributed by atoms with Gasteiger partial charge in [-0.1, -0.05) is 15.9 Å².